The largest absolute Gasteiger partial charge is 0.382 e. The highest BCUT2D eigenvalue weighted by Gasteiger charge is 1.91. The van der Waals surface area contributed by atoms with Crippen LogP contribution in [0.25, 0.3) is 0 Å². The fourth-order valence-electron chi connectivity index (χ4n) is 0.786. The number of rotatable bonds is 12. The maximum atomic E-state index is 9.68. The summed E-state index contributed by atoms with van der Waals surface area (Å²) in [6.07, 6.45) is 0. The van der Waals surface area contributed by atoms with E-state index in [0.717, 1.165) is 0 Å². The van der Waals surface area contributed by atoms with Crippen molar-refractivity contribution in [1.82, 2.24) is 0 Å². The third-order valence-electron chi connectivity index (χ3n) is 1.50. The van der Waals surface area contributed by atoms with Crippen molar-refractivity contribution in [3.05, 3.63) is 4.91 Å². The number of methoxy groups -OCH3 is 1. The van der Waals surface area contributed by atoms with Gasteiger partial charge in [0.1, 0.15) is 6.54 Å². The summed E-state index contributed by atoms with van der Waals surface area (Å²) in [7, 11) is 1.63. The van der Waals surface area contributed by atoms with E-state index in [2.05, 4.69) is 5.18 Å². The highest BCUT2D eigenvalue weighted by atomic mass is 16.6. The summed E-state index contributed by atoms with van der Waals surface area (Å²) in [6.45, 7) is 3.82. The van der Waals surface area contributed by atoms with Crippen LogP contribution in [0.15, 0.2) is 5.18 Å². The van der Waals surface area contributed by atoms with Gasteiger partial charge in [-0.05, 0) is 0 Å². The van der Waals surface area contributed by atoms with Crippen molar-refractivity contribution in [2.24, 2.45) is 5.18 Å². The van der Waals surface area contributed by atoms with Crippen molar-refractivity contribution in [2.75, 3.05) is 59.9 Å². The molecule has 0 aromatic rings. The normalized spacial score (nSPS) is 10.5. The fourth-order valence-corrected chi connectivity index (χ4v) is 0.786. The first kappa shape index (κ1) is 14.4. The fraction of sp³-hybridized carbons (Fsp3) is 1.00. The summed E-state index contributed by atoms with van der Waals surface area (Å²) in [6, 6.07) is 0. The molecule has 0 saturated carbocycles. The Balaban J connectivity index is 2.83. The highest BCUT2D eigenvalue weighted by molar-refractivity contribution is 4.38. The Hall–Kier alpha value is -0.560. The third-order valence-corrected chi connectivity index (χ3v) is 1.50. The lowest BCUT2D eigenvalue weighted by atomic mass is 10.7. The lowest BCUT2D eigenvalue weighted by molar-refractivity contribution is 0.00469. The molecule has 0 aromatic heterocycles. The average molecular weight is 221 g/mol. The molecule has 0 fully saturated rings. The number of hydrogen-bond donors (Lipinski definition) is 0. The smallest absolute Gasteiger partial charge is 0.104 e. The van der Waals surface area contributed by atoms with Crippen molar-refractivity contribution in [3.63, 3.8) is 0 Å². The van der Waals surface area contributed by atoms with Gasteiger partial charge in [-0.2, -0.15) is 4.91 Å². The van der Waals surface area contributed by atoms with Crippen LogP contribution in [0, 0.1) is 4.91 Å². The minimum Gasteiger partial charge on any atom is -0.382 e. The minimum absolute atomic E-state index is 0.195. The zero-order valence-electron chi connectivity index (χ0n) is 9.15. The molecule has 0 aliphatic heterocycles. The van der Waals surface area contributed by atoms with Gasteiger partial charge in [0.2, 0.25) is 0 Å². The van der Waals surface area contributed by atoms with Crippen molar-refractivity contribution in [3.8, 4) is 0 Å². The molecule has 0 radical (unpaired) electrons. The standard InChI is InChI=1S/C9H19NO5/c1-12-4-5-14-8-9-15-7-6-13-3-2-10-11/h2-9H2,1H3. The lowest BCUT2D eigenvalue weighted by Gasteiger charge is -2.05. The molecule has 0 aliphatic rings. The Morgan fingerprint density at radius 1 is 0.800 bits per heavy atom. The van der Waals surface area contributed by atoms with E-state index in [1.807, 2.05) is 0 Å². The summed E-state index contributed by atoms with van der Waals surface area (Å²) >= 11 is 0. The molecule has 0 bridgehead atoms. The molecule has 0 N–H and O–H groups in total. The monoisotopic (exact) mass is 221 g/mol. The van der Waals surface area contributed by atoms with Gasteiger partial charge in [-0.25, -0.2) is 0 Å². The summed E-state index contributed by atoms with van der Waals surface area (Å²) in [5.74, 6) is 0. The predicted octanol–water partition coefficient (Wildman–Crippen LogP) is 0.449. The molecule has 0 saturated heterocycles. The maximum Gasteiger partial charge on any atom is 0.104 e. The SMILES string of the molecule is COCCOCCOCCOCCN=O. The van der Waals surface area contributed by atoms with Gasteiger partial charge in [-0.3, -0.25) is 0 Å². The quantitative estimate of drug-likeness (QED) is 0.353. The molecule has 0 aliphatic carbocycles. The van der Waals surface area contributed by atoms with Gasteiger partial charge in [0.05, 0.1) is 46.2 Å². The highest BCUT2D eigenvalue weighted by Crippen LogP contribution is 1.82. The molecule has 15 heavy (non-hydrogen) atoms. The Bertz CT molecular complexity index is 134. The summed E-state index contributed by atoms with van der Waals surface area (Å²) < 4.78 is 20.2. The first-order chi connectivity index (χ1) is 7.41. The molecule has 0 atom stereocenters. The topological polar surface area (TPSA) is 66.3 Å². The van der Waals surface area contributed by atoms with E-state index in [1.54, 1.807) is 7.11 Å². The Morgan fingerprint density at radius 2 is 1.27 bits per heavy atom. The van der Waals surface area contributed by atoms with E-state index < -0.39 is 0 Å². The van der Waals surface area contributed by atoms with E-state index in [9.17, 15) is 4.91 Å². The van der Waals surface area contributed by atoms with Crippen LogP contribution in [0.4, 0.5) is 0 Å². The second kappa shape index (κ2) is 13.4. The Kier molecular flexibility index (Phi) is 12.9. The van der Waals surface area contributed by atoms with Gasteiger partial charge in [0.15, 0.2) is 0 Å². The van der Waals surface area contributed by atoms with Crippen molar-refractivity contribution < 1.29 is 18.9 Å². The van der Waals surface area contributed by atoms with E-state index in [1.165, 1.54) is 0 Å². The van der Waals surface area contributed by atoms with Crippen LogP contribution in [0.1, 0.15) is 0 Å². The number of ether oxygens (including phenoxy) is 4. The molecule has 6 nitrogen and oxygen atoms in total. The van der Waals surface area contributed by atoms with Crippen LogP contribution in [-0.4, -0.2) is 59.9 Å². The van der Waals surface area contributed by atoms with Crippen LogP contribution in [-0.2, 0) is 18.9 Å². The Labute approximate surface area is 89.8 Å². The van der Waals surface area contributed by atoms with Gasteiger partial charge in [0, 0.05) is 7.11 Å². The molecule has 0 spiro atoms. The molecule has 90 valence electrons. The first-order valence-electron chi connectivity index (χ1n) is 4.93. The van der Waals surface area contributed by atoms with Crippen LogP contribution in [0.2, 0.25) is 0 Å². The number of nitroso groups, excluding NO2 is 1. The summed E-state index contributed by atoms with van der Waals surface area (Å²) in [5.41, 5.74) is 0. The molecule has 0 heterocycles. The van der Waals surface area contributed by atoms with E-state index in [4.69, 9.17) is 18.9 Å². The zero-order valence-corrected chi connectivity index (χ0v) is 9.15. The molecule has 0 amide bonds. The Morgan fingerprint density at radius 3 is 1.73 bits per heavy atom. The van der Waals surface area contributed by atoms with Gasteiger partial charge in [0.25, 0.3) is 0 Å². The average Bonchev–Trinajstić information content (AvgIpc) is 2.26. The van der Waals surface area contributed by atoms with Crippen molar-refractivity contribution >= 4 is 0 Å². The number of nitrogens with zero attached hydrogens (tertiary/aromatic N) is 1. The van der Waals surface area contributed by atoms with Crippen LogP contribution in [0.5, 0.6) is 0 Å². The second-order valence-electron chi connectivity index (χ2n) is 2.68. The lowest BCUT2D eigenvalue weighted by Crippen LogP contribution is -2.12. The number of hydrogen-bond acceptors (Lipinski definition) is 6. The summed E-state index contributed by atoms with van der Waals surface area (Å²) in [5, 5.41) is 2.66. The molecule has 0 aromatic carbocycles. The van der Waals surface area contributed by atoms with Gasteiger partial charge in [-0.1, -0.05) is 5.18 Å². The van der Waals surface area contributed by atoms with Gasteiger partial charge in [-0.15, -0.1) is 0 Å². The van der Waals surface area contributed by atoms with E-state index >= 15 is 0 Å². The van der Waals surface area contributed by atoms with Crippen LogP contribution in [0.3, 0.4) is 0 Å². The maximum absolute atomic E-state index is 9.68. The molecule has 6 heteroatoms. The second-order valence-corrected chi connectivity index (χ2v) is 2.68. The van der Waals surface area contributed by atoms with E-state index in [0.29, 0.717) is 46.2 Å². The minimum atomic E-state index is 0.195. The van der Waals surface area contributed by atoms with Crippen LogP contribution >= 0.6 is 0 Å². The zero-order chi connectivity index (χ0) is 11.2. The molecule has 0 rings (SSSR count). The molecular weight excluding hydrogens is 202 g/mol. The van der Waals surface area contributed by atoms with Crippen molar-refractivity contribution in [2.45, 2.75) is 0 Å². The third kappa shape index (κ3) is 13.4. The van der Waals surface area contributed by atoms with Crippen molar-refractivity contribution in [1.29, 1.82) is 0 Å². The summed E-state index contributed by atoms with van der Waals surface area (Å²) in [4.78, 5) is 9.68. The predicted molar refractivity (Wildman–Crippen MR) is 55.0 cm³/mol. The first-order valence-corrected chi connectivity index (χ1v) is 4.93. The van der Waals surface area contributed by atoms with E-state index in [-0.39, 0.29) is 6.54 Å². The van der Waals surface area contributed by atoms with Crippen LogP contribution < -0.4 is 0 Å². The van der Waals surface area contributed by atoms with Gasteiger partial charge >= 0.3 is 0 Å². The molecular formula is C9H19NO5. The van der Waals surface area contributed by atoms with Gasteiger partial charge < -0.3 is 18.9 Å². The molecule has 0 unspecified atom stereocenters.